The molecular weight excluding hydrogens is 419 g/mol. The van der Waals surface area contributed by atoms with Crippen LogP contribution in [0.2, 0.25) is 0 Å². The van der Waals surface area contributed by atoms with E-state index in [1.165, 1.54) is 12.1 Å². The summed E-state index contributed by atoms with van der Waals surface area (Å²) in [5, 5.41) is 0. The molecule has 1 unspecified atom stereocenters. The summed E-state index contributed by atoms with van der Waals surface area (Å²) in [5.74, 6) is -0.0995. The van der Waals surface area contributed by atoms with Gasteiger partial charge in [-0.1, -0.05) is 18.2 Å². The highest BCUT2D eigenvalue weighted by atomic mass is 19.4. The summed E-state index contributed by atoms with van der Waals surface area (Å²) in [6.45, 7) is 3.03. The number of hydrogen-bond acceptors (Lipinski definition) is 4. The van der Waals surface area contributed by atoms with Crippen LogP contribution in [0.25, 0.3) is 0 Å². The maximum atomic E-state index is 13.0. The first kappa shape index (κ1) is 22.0. The van der Waals surface area contributed by atoms with Gasteiger partial charge in [-0.2, -0.15) is 13.2 Å². The molecule has 166 valence electrons. The lowest BCUT2D eigenvalue weighted by Crippen LogP contribution is -2.42. The highest BCUT2D eigenvalue weighted by Gasteiger charge is 2.30. The van der Waals surface area contributed by atoms with Gasteiger partial charge in [0.2, 0.25) is 0 Å². The number of hydrogen-bond donors (Lipinski definition) is 0. The molecular formula is C24H22F3N3O2. The molecule has 8 heteroatoms. The fourth-order valence-electron chi connectivity index (χ4n) is 3.82. The van der Waals surface area contributed by atoms with Crippen LogP contribution in [0.1, 0.15) is 44.5 Å². The van der Waals surface area contributed by atoms with Crippen LogP contribution in [0.3, 0.4) is 0 Å². The van der Waals surface area contributed by atoms with Crippen molar-refractivity contribution >= 4 is 5.91 Å². The zero-order valence-electron chi connectivity index (χ0n) is 17.5. The van der Waals surface area contributed by atoms with Gasteiger partial charge in [-0.15, -0.1) is 0 Å². The van der Waals surface area contributed by atoms with Crippen molar-refractivity contribution in [2.45, 2.75) is 25.6 Å². The van der Waals surface area contributed by atoms with Crippen LogP contribution in [0.5, 0.6) is 0 Å². The fraction of sp³-hybridized carbons (Fsp3) is 0.292. The van der Waals surface area contributed by atoms with Gasteiger partial charge in [-0.25, -0.2) is 0 Å². The number of pyridine rings is 2. The number of aryl methyl sites for hydroxylation is 1. The standard InChI is InChI=1S/C24H22F3N3O2/c1-16-11-18(12-17-3-2-4-20(13-17)24(25,26)27)14-21(29-16)22-15-30(9-10-32-22)23(31)19-5-7-28-8-6-19/h2-8,11,13-14,22H,9-10,12,15H2,1H3. The summed E-state index contributed by atoms with van der Waals surface area (Å²) in [6, 6.07) is 12.4. The molecule has 0 bridgehead atoms. The molecule has 1 atom stereocenters. The number of nitrogens with zero attached hydrogens (tertiary/aromatic N) is 3. The van der Waals surface area contributed by atoms with E-state index in [0.717, 1.165) is 17.3 Å². The summed E-state index contributed by atoms with van der Waals surface area (Å²) in [6.07, 6.45) is -1.29. The van der Waals surface area contributed by atoms with Crippen LogP contribution < -0.4 is 0 Å². The maximum absolute atomic E-state index is 13.0. The Hall–Kier alpha value is -3.26. The molecule has 0 radical (unpaired) electrons. The summed E-state index contributed by atoms with van der Waals surface area (Å²) >= 11 is 0. The van der Waals surface area contributed by atoms with Crippen molar-refractivity contribution in [1.29, 1.82) is 0 Å². The Balaban J connectivity index is 1.53. The molecule has 3 aromatic rings. The predicted molar refractivity (Wildman–Crippen MR) is 112 cm³/mol. The molecule has 0 aliphatic carbocycles. The minimum atomic E-state index is -4.38. The normalized spacial score (nSPS) is 16.8. The average molecular weight is 441 g/mol. The lowest BCUT2D eigenvalue weighted by molar-refractivity contribution is -0.137. The maximum Gasteiger partial charge on any atom is 0.416 e. The number of amides is 1. The molecule has 0 N–H and O–H groups in total. The van der Waals surface area contributed by atoms with Gasteiger partial charge in [-0.3, -0.25) is 14.8 Å². The lowest BCUT2D eigenvalue weighted by atomic mass is 10.0. The van der Waals surface area contributed by atoms with E-state index in [0.29, 0.717) is 42.9 Å². The Morgan fingerprint density at radius 3 is 2.66 bits per heavy atom. The first-order valence-electron chi connectivity index (χ1n) is 10.2. The molecule has 1 aliphatic rings. The Kier molecular flexibility index (Phi) is 6.23. The molecule has 2 aromatic heterocycles. The number of aromatic nitrogens is 2. The van der Waals surface area contributed by atoms with E-state index in [2.05, 4.69) is 9.97 Å². The van der Waals surface area contributed by atoms with Crippen molar-refractivity contribution in [1.82, 2.24) is 14.9 Å². The van der Waals surface area contributed by atoms with Crippen LogP contribution >= 0.6 is 0 Å². The Labute approximate surface area is 183 Å². The van der Waals surface area contributed by atoms with Gasteiger partial charge in [0.1, 0.15) is 6.10 Å². The molecule has 1 saturated heterocycles. The van der Waals surface area contributed by atoms with Crippen LogP contribution in [0, 0.1) is 6.92 Å². The first-order chi connectivity index (χ1) is 15.3. The number of rotatable bonds is 4. The van der Waals surface area contributed by atoms with Crippen molar-refractivity contribution in [2.75, 3.05) is 19.7 Å². The summed E-state index contributed by atoms with van der Waals surface area (Å²) < 4.78 is 45.0. The minimum Gasteiger partial charge on any atom is -0.368 e. The molecule has 4 rings (SSSR count). The van der Waals surface area contributed by atoms with E-state index < -0.39 is 17.8 Å². The number of ether oxygens (including phenoxy) is 1. The van der Waals surface area contributed by atoms with Crippen LogP contribution in [-0.4, -0.2) is 40.5 Å². The van der Waals surface area contributed by atoms with Crippen molar-refractivity contribution in [3.63, 3.8) is 0 Å². The third kappa shape index (κ3) is 5.13. The van der Waals surface area contributed by atoms with Gasteiger partial charge in [0.15, 0.2) is 0 Å². The SMILES string of the molecule is Cc1cc(Cc2cccc(C(F)(F)F)c2)cc(C2CN(C(=O)c3ccncc3)CCO2)n1. The Bertz CT molecular complexity index is 1100. The van der Waals surface area contributed by atoms with Gasteiger partial charge >= 0.3 is 6.18 Å². The minimum absolute atomic E-state index is 0.0995. The largest absolute Gasteiger partial charge is 0.416 e. The number of carbonyl (C=O) groups is 1. The molecule has 0 spiro atoms. The van der Waals surface area contributed by atoms with E-state index in [1.807, 2.05) is 19.1 Å². The number of alkyl halides is 3. The second-order valence-electron chi connectivity index (χ2n) is 7.76. The number of benzene rings is 1. The van der Waals surface area contributed by atoms with E-state index in [9.17, 15) is 18.0 Å². The predicted octanol–water partition coefficient (Wildman–Crippen LogP) is 4.61. The quantitative estimate of drug-likeness (QED) is 0.594. The second kappa shape index (κ2) is 9.08. The molecule has 0 saturated carbocycles. The van der Waals surface area contributed by atoms with Crippen LogP contribution in [0.4, 0.5) is 13.2 Å². The van der Waals surface area contributed by atoms with Crippen LogP contribution in [-0.2, 0) is 17.3 Å². The lowest BCUT2D eigenvalue weighted by Gasteiger charge is -2.33. The van der Waals surface area contributed by atoms with Gasteiger partial charge in [0, 0.05) is 30.2 Å². The monoisotopic (exact) mass is 441 g/mol. The van der Waals surface area contributed by atoms with E-state index >= 15 is 0 Å². The van der Waals surface area contributed by atoms with Crippen molar-refractivity contribution in [3.8, 4) is 0 Å². The molecule has 1 fully saturated rings. The summed E-state index contributed by atoms with van der Waals surface area (Å²) in [4.78, 5) is 23.0. The zero-order chi connectivity index (χ0) is 22.7. The van der Waals surface area contributed by atoms with E-state index in [4.69, 9.17) is 4.74 Å². The Morgan fingerprint density at radius 2 is 1.91 bits per heavy atom. The number of halogens is 3. The van der Waals surface area contributed by atoms with Crippen molar-refractivity contribution < 1.29 is 22.7 Å². The molecule has 1 aliphatic heterocycles. The molecule has 5 nitrogen and oxygen atoms in total. The highest BCUT2D eigenvalue weighted by molar-refractivity contribution is 5.94. The smallest absolute Gasteiger partial charge is 0.368 e. The first-order valence-corrected chi connectivity index (χ1v) is 10.2. The van der Waals surface area contributed by atoms with Crippen molar-refractivity contribution in [3.05, 3.63) is 94.6 Å². The zero-order valence-corrected chi connectivity index (χ0v) is 17.5. The number of morpholine rings is 1. The summed E-state index contributed by atoms with van der Waals surface area (Å²) in [5.41, 5.74) is 2.71. The topological polar surface area (TPSA) is 55.3 Å². The number of carbonyl (C=O) groups excluding carboxylic acids is 1. The van der Waals surface area contributed by atoms with Gasteiger partial charge in [-0.05, 0) is 54.8 Å². The van der Waals surface area contributed by atoms with E-state index in [-0.39, 0.29) is 5.91 Å². The van der Waals surface area contributed by atoms with Gasteiger partial charge in [0.05, 0.1) is 24.4 Å². The molecule has 32 heavy (non-hydrogen) atoms. The van der Waals surface area contributed by atoms with Crippen LogP contribution in [0.15, 0.2) is 60.9 Å². The third-order valence-corrected chi connectivity index (χ3v) is 5.31. The third-order valence-electron chi connectivity index (χ3n) is 5.31. The second-order valence-corrected chi connectivity index (χ2v) is 7.76. The van der Waals surface area contributed by atoms with Gasteiger partial charge in [0.25, 0.3) is 5.91 Å². The highest BCUT2D eigenvalue weighted by Crippen LogP contribution is 2.30. The molecule has 1 amide bonds. The van der Waals surface area contributed by atoms with Crippen molar-refractivity contribution in [2.24, 2.45) is 0 Å². The van der Waals surface area contributed by atoms with Gasteiger partial charge < -0.3 is 9.64 Å². The fourth-order valence-corrected chi connectivity index (χ4v) is 3.82. The summed E-state index contributed by atoms with van der Waals surface area (Å²) in [7, 11) is 0. The van der Waals surface area contributed by atoms with E-state index in [1.54, 1.807) is 35.5 Å². The molecule has 3 heterocycles. The average Bonchev–Trinajstić information content (AvgIpc) is 2.78. The Morgan fingerprint density at radius 1 is 1.12 bits per heavy atom. The molecule has 1 aromatic carbocycles.